The zero-order valence-corrected chi connectivity index (χ0v) is 9.93. The molecule has 1 unspecified atom stereocenters. The number of carboxylic acids is 2. The Balaban J connectivity index is -0.0000000546. The van der Waals surface area contributed by atoms with Crippen molar-refractivity contribution in [1.82, 2.24) is 0 Å². The molecule has 0 radical (unpaired) electrons. The third-order valence-corrected chi connectivity index (χ3v) is 0.630. The molecule has 0 fully saturated rings. The topological polar surface area (TPSA) is 100 Å². The zero-order chi connectivity index (χ0) is 9.44. The van der Waals surface area contributed by atoms with Crippen molar-refractivity contribution < 1.29 is 69.7 Å². The van der Waals surface area contributed by atoms with Gasteiger partial charge in [0.1, 0.15) is 0 Å². The van der Waals surface area contributed by atoms with Crippen LogP contribution < -0.4 is 10.2 Å². The summed E-state index contributed by atoms with van der Waals surface area (Å²) in [4.78, 5) is 18.6. The predicted molar refractivity (Wildman–Crippen MR) is 32.0 cm³/mol. The summed E-state index contributed by atoms with van der Waals surface area (Å²) in [6.07, 6.45) is -1.23. The van der Waals surface area contributed by atoms with Gasteiger partial charge in [-0.15, -0.1) is 0 Å². The summed E-state index contributed by atoms with van der Waals surface area (Å²) in [7, 11) is 0. The molecule has 1 N–H and O–H groups in total. The molecule has 0 heterocycles. The van der Waals surface area contributed by atoms with Gasteiger partial charge >= 0.3 is 44.8 Å². The fourth-order valence-corrected chi connectivity index (χ4v) is 0. The Hall–Kier alpha value is 0.381. The number of aliphatic hydroxyl groups excluding tert-OH is 1. The number of carboxylic acid groups (broad SMARTS) is 2. The fourth-order valence-electron chi connectivity index (χ4n) is 0. The Kier molecular flexibility index (Phi) is 26.7. The first-order valence-electron chi connectivity index (χ1n) is 3.00. The van der Waals surface area contributed by atoms with E-state index in [0.29, 0.717) is 0 Å². The van der Waals surface area contributed by atoms with Crippen LogP contribution in [-0.2, 0) is 54.3 Å². The van der Waals surface area contributed by atoms with E-state index in [0.717, 1.165) is 6.92 Å². The number of carbonyl (C=O) groups excluding carboxylic acids is 2. The molecule has 0 aliphatic carbocycles. The molecule has 13 heavy (non-hydrogen) atoms. The minimum absolute atomic E-state index is 0. The van der Waals surface area contributed by atoms with Crippen LogP contribution in [0.1, 0.15) is 20.3 Å². The molecule has 0 amide bonds. The molecule has 0 aromatic heterocycles. The molecule has 0 rings (SSSR count). The van der Waals surface area contributed by atoms with E-state index in [1.54, 1.807) is 0 Å². The van der Waals surface area contributed by atoms with Crippen LogP contribution in [0.25, 0.3) is 0 Å². The van der Waals surface area contributed by atoms with E-state index in [1.807, 2.05) is 0 Å². The van der Waals surface area contributed by atoms with E-state index in [4.69, 9.17) is 5.11 Å². The van der Waals surface area contributed by atoms with Crippen molar-refractivity contribution >= 4 is 11.9 Å². The van der Waals surface area contributed by atoms with Gasteiger partial charge in [-0.25, -0.2) is 0 Å². The first-order valence-corrected chi connectivity index (χ1v) is 3.00. The normalized spacial score (nSPS) is 9.15. The number of aliphatic hydroxyl groups is 1. The van der Waals surface area contributed by atoms with Gasteiger partial charge in [0.25, 0.3) is 0 Å². The molecule has 0 aromatic carbocycles. The van der Waals surface area contributed by atoms with Gasteiger partial charge in [-0.1, -0.05) is 6.92 Å². The van der Waals surface area contributed by atoms with Crippen LogP contribution >= 0.6 is 0 Å². The Morgan fingerprint density at radius 2 is 1.46 bits per heavy atom. The second kappa shape index (κ2) is 14.9. The summed E-state index contributed by atoms with van der Waals surface area (Å²) in [6.45, 7) is 2.67. The Morgan fingerprint density at radius 3 is 1.46 bits per heavy atom. The van der Waals surface area contributed by atoms with Crippen LogP contribution in [0.4, 0.5) is 0 Å². The standard InChI is InChI=1S/C3H6O3.C3H6O2.2Ag/c1-2(4)3(5)6;1-2-3(4)5;;/h2,4H,1H3,(H,5,6);2H2,1H3,(H,4,5);;/q;;2*+1/p-2. The third-order valence-electron chi connectivity index (χ3n) is 0.630. The molecule has 0 spiro atoms. The molecular formula is C6H10Ag2O5. The quantitative estimate of drug-likeness (QED) is 0.526. The molecule has 86 valence electrons. The first kappa shape index (κ1) is 23.3. The van der Waals surface area contributed by atoms with E-state index < -0.39 is 18.0 Å². The maximum Gasteiger partial charge on any atom is 1.00 e. The average Bonchev–Trinajstić information content (AvgIpc) is 1.89. The Bertz CT molecular complexity index is 137. The maximum absolute atomic E-state index is 9.34. The van der Waals surface area contributed by atoms with Crippen molar-refractivity contribution in [1.29, 1.82) is 0 Å². The molecule has 7 heteroatoms. The Morgan fingerprint density at radius 1 is 1.31 bits per heavy atom. The van der Waals surface area contributed by atoms with Crippen molar-refractivity contribution in [3.63, 3.8) is 0 Å². The third kappa shape index (κ3) is 32.8. The Labute approximate surface area is 108 Å². The summed E-state index contributed by atoms with van der Waals surface area (Å²) >= 11 is 0. The number of rotatable bonds is 2. The van der Waals surface area contributed by atoms with Crippen LogP contribution in [0.5, 0.6) is 0 Å². The van der Waals surface area contributed by atoms with Crippen molar-refractivity contribution in [2.24, 2.45) is 0 Å². The summed E-state index contributed by atoms with van der Waals surface area (Å²) in [5.41, 5.74) is 0. The SMILES string of the molecule is CC(O)C(=O)[O-].CCC(=O)[O-].[Ag+].[Ag+]. The number of aliphatic carboxylic acids is 2. The van der Waals surface area contributed by atoms with Gasteiger partial charge in [-0.3, -0.25) is 0 Å². The molecule has 0 aromatic rings. The summed E-state index contributed by atoms with van der Waals surface area (Å²) in [6, 6.07) is 0. The number of hydrogen-bond donors (Lipinski definition) is 1. The van der Waals surface area contributed by atoms with Crippen LogP contribution in [0, 0.1) is 0 Å². The summed E-state index contributed by atoms with van der Waals surface area (Å²) in [5.74, 6) is -2.43. The van der Waals surface area contributed by atoms with Crippen molar-refractivity contribution in [3.8, 4) is 0 Å². The molecule has 0 saturated heterocycles. The van der Waals surface area contributed by atoms with Gasteiger partial charge in [-0.2, -0.15) is 0 Å². The average molecular weight is 378 g/mol. The van der Waals surface area contributed by atoms with Gasteiger partial charge in [0.2, 0.25) is 0 Å². The van der Waals surface area contributed by atoms with Crippen molar-refractivity contribution in [2.45, 2.75) is 26.4 Å². The molecule has 0 bridgehead atoms. The van der Waals surface area contributed by atoms with Crippen LogP contribution in [0.3, 0.4) is 0 Å². The van der Waals surface area contributed by atoms with E-state index in [2.05, 4.69) is 0 Å². The number of hydrogen-bond acceptors (Lipinski definition) is 5. The van der Waals surface area contributed by atoms with Gasteiger partial charge in [-0.05, 0) is 13.3 Å². The van der Waals surface area contributed by atoms with Crippen LogP contribution in [-0.4, -0.2) is 23.1 Å². The fraction of sp³-hybridized carbons (Fsp3) is 0.667. The van der Waals surface area contributed by atoms with Crippen LogP contribution in [0.2, 0.25) is 0 Å². The second-order valence-corrected chi connectivity index (χ2v) is 1.72. The minimum Gasteiger partial charge on any atom is -0.550 e. The molecule has 0 saturated carbocycles. The van der Waals surface area contributed by atoms with Gasteiger partial charge in [0.05, 0.1) is 12.1 Å². The van der Waals surface area contributed by atoms with E-state index in [-0.39, 0.29) is 51.2 Å². The second-order valence-electron chi connectivity index (χ2n) is 1.72. The van der Waals surface area contributed by atoms with Gasteiger partial charge < -0.3 is 24.9 Å². The van der Waals surface area contributed by atoms with E-state index in [1.165, 1.54) is 6.92 Å². The van der Waals surface area contributed by atoms with E-state index >= 15 is 0 Å². The van der Waals surface area contributed by atoms with Crippen LogP contribution in [0.15, 0.2) is 0 Å². The van der Waals surface area contributed by atoms with Crippen molar-refractivity contribution in [3.05, 3.63) is 0 Å². The molecular weight excluding hydrogens is 368 g/mol. The molecule has 0 aliphatic rings. The summed E-state index contributed by atoms with van der Waals surface area (Å²) in [5, 5.41) is 26.6. The monoisotopic (exact) mass is 376 g/mol. The largest absolute Gasteiger partial charge is 1.00 e. The van der Waals surface area contributed by atoms with Gasteiger partial charge in [0.15, 0.2) is 0 Å². The van der Waals surface area contributed by atoms with E-state index in [9.17, 15) is 19.8 Å². The molecule has 0 aliphatic heterocycles. The molecule has 1 atom stereocenters. The van der Waals surface area contributed by atoms with Gasteiger partial charge in [0, 0.05) is 5.97 Å². The smallest absolute Gasteiger partial charge is 0.550 e. The minimum atomic E-state index is -1.44. The summed E-state index contributed by atoms with van der Waals surface area (Å²) < 4.78 is 0. The first-order chi connectivity index (χ1) is 4.91. The predicted octanol–water partition coefficient (Wildman–Crippen LogP) is -2.74. The number of carbonyl (C=O) groups is 2. The zero-order valence-electron chi connectivity index (χ0n) is 6.97. The van der Waals surface area contributed by atoms with Crippen molar-refractivity contribution in [2.75, 3.05) is 0 Å². The molecule has 5 nitrogen and oxygen atoms in total. The maximum atomic E-state index is 9.34.